The molecule has 1 heterocycles. The van der Waals surface area contributed by atoms with Gasteiger partial charge in [-0.15, -0.1) is 11.3 Å². The zero-order valence-electron chi connectivity index (χ0n) is 12.0. The van der Waals surface area contributed by atoms with Crippen molar-refractivity contribution in [3.05, 3.63) is 16.1 Å². The monoisotopic (exact) mass is 267 g/mol. The summed E-state index contributed by atoms with van der Waals surface area (Å²) in [7, 11) is 1.73. The summed E-state index contributed by atoms with van der Waals surface area (Å²) in [6.45, 7) is 7.77. The van der Waals surface area contributed by atoms with E-state index in [4.69, 9.17) is 9.72 Å². The van der Waals surface area contributed by atoms with Crippen molar-refractivity contribution in [2.24, 2.45) is 11.3 Å². The first-order valence-corrected chi connectivity index (χ1v) is 7.82. The van der Waals surface area contributed by atoms with Crippen LogP contribution in [0.1, 0.15) is 63.1 Å². The van der Waals surface area contributed by atoms with Crippen LogP contribution >= 0.6 is 11.3 Å². The third kappa shape index (κ3) is 3.33. The highest BCUT2D eigenvalue weighted by molar-refractivity contribution is 7.09. The molecule has 1 aliphatic carbocycles. The molecule has 0 saturated heterocycles. The van der Waals surface area contributed by atoms with Crippen molar-refractivity contribution >= 4 is 11.3 Å². The maximum atomic E-state index is 5.13. The fourth-order valence-corrected chi connectivity index (χ4v) is 3.91. The predicted molar refractivity (Wildman–Crippen MR) is 77.0 cm³/mol. The summed E-state index contributed by atoms with van der Waals surface area (Å²) in [5.41, 5.74) is 1.56. The van der Waals surface area contributed by atoms with Crippen LogP contribution in [0.4, 0.5) is 0 Å². The van der Waals surface area contributed by atoms with Crippen molar-refractivity contribution in [1.82, 2.24) is 4.98 Å². The number of hydrogen-bond donors (Lipinski definition) is 0. The van der Waals surface area contributed by atoms with E-state index in [9.17, 15) is 0 Å². The summed E-state index contributed by atoms with van der Waals surface area (Å²) in [5.74, 6) is 1.58. The smallest absolute Gasteiger partial charge is 0.0960 e. The summed E-state index contributed by atoms with van der Waals surface area (Å²) < 4.78 is 5.13. The van der Waals surface area contributed by atoms with Crippen molar-refractivity contribution in [2.75, 3.05) is 7.11 Å². The maximum Gasteiger partial charge on any atom is 0.0960 e. The number of thiazole rings is 1. The van der Waals surface area contributed by atoms with Crippen LogP contribution in [0.15, 0.2) is 5.38 Å². The van der Waals surface area contributed by atoms with Gasteiger partial charge in [-0.3, -0.25) is 0 Å². The molecule has 3 heteroatoms. The average molecular weight is 267 g/mol. The molecule has 1 aromatic rings. The Morgan fingerprint density at radius 3 is 2.50 bits per heavy atom. The first-order valence-electron chi connectivity index (χ1n) is 6.94. The van der Waals surface area contributed by atoms with E-state index in [1.807, 2.05) is 11.3 Å². The Balaban J connectivity index is 1.92. The van der Waals surface area contributed by atoms with Gasteiger partial charge in [-0.1, -0.05) is 20.8 Å². The number of nitrogens with zero attached hydrogens (tertiary/aromatic N) is 1. The number of hydrogen-bond acceptors (Lipinski definition) is 3. The molecule has 0 atom stereocenters. The van der Waals surface area contributed by atoms with Crippen LogP contribution in [0.5, 0.6) is 0 Å². The van der Waals surface area contributed by atoms with Gasteiger partial charge in [0.05, 0.1) is 17.3 Å². The molecular formula is C15H25NOS. The van der Waals surface area contributed by atoms with Crippen molar-refractivity contribution in [3.8, 4) is 0 Å². The quantitative estimate of drug-likeness (QED) is 0.798. The molecule has 0 aromatic carbocycles. The van der Waals surface area contributed by atoms with E-state index in [2.05, 4.69) is 26.2 Å². The molecule has 0 N–H and O–H groups in total. The highest BCUT2D eigenvalue weighted by Gasteiger charge is 2.31. The van der Waals surface area contributed by atoms with E-state index in [1.165, 1.54) is 30.7 Å². The first kappa shape index (κ1) is 14.0. The molecule has 1 aliphatic rings. The second-order valence-corrected chi connectivity index (χ2v) is 7.41. The standard InChI is InChI=1S/C15H25NOS/c1-15(2,3)12-7-5-11(6-8-12)14-16-13(9-17-4)10-18-14/h10-12H,5-9H2,1-4H3. The lowest BCUT2D eigenvalue weighted by Gasteiger charge is -2.36. The molecule has 18 heavy (non-hydrogen) atoms. The van der Waals surface area contributed by atoms with Gasteiger partial charge < -0.3 is 4.74 Å². The Morgan fingerprint density at radius 2 is 1.94 bits per heavy atom. The minimum atomic E-state index is 0.467. The van der Waals surface area contributed by atoms with E-state index in [-0.39, 0.29) is 0 Å². The molecular weight excluding hydrogens is 242 g/mol. The highest BCUT2D eigenvalue weighted by Crippen LogP contribution is 2.43. The van der Waals surface area contributed by atoms with Gasteiger partial charge in [0.1, 0.15) is 0 Å². The van der Waals surface area contributed by atoms with Crippen LogP contribution < -0.4 is 0 Å². The Hall–Kier alpha value is -0.410. The number of aromatic nitrogens is 1. The maximum absolute atomic E-state index is 5.13. The minimum Gasteiger partial charge on any atom is -0.378 e. The van der Waals surface area contributed by atoms with Gasteiger partial charge >= 0.3 is 0 Å². The molecule has 1 fully saturated rings. The molecule has 2 rings (SSSR count). The molecule has 0 bridgehead atoms. The summed E-state index contributed by atoms with van der Waals surface area (Å²) >= 11 is 1.81. The fraction of sp³-hybridized carbons (Fsp3) is 0.800. The molecule has 102 valence electrons. The summed E-state index contributed by atoms with van der Waals surface area (Å²) in [5, 5.41) is 3.48. The van der Waals surface area contributed by atoms with Gasteiger partial charge in [-0.25, -0.2) is 4.98 Å². The van der Waals surface area contributed by atoms with E-state index < -0.39 is 0 Å². The predicted octanol–water partition coefficient (Wildman–Crippen LogP) is 4.61. The fourth-order valence-electron chi connectivity index (χ4n) is 2.93. The normalized spacial score (nSPS) is 25.3. The Kier molecular flexibility index (Phi) is 4.44. The second kappa shape index (κ2) is 5.70. The van der Waals surface area contributed by atoms with Crippen LogP contribution in [-0.4, -0.2) is 12.1 Å². The number of methoxy groups -OCH3 is 1. The molecule has 0 aliphatic heterocycles. The van der Waals surface area contributed by atoms with Gasteiger partial charge in [0.25, 0.3) is 0 Å². The topological polar surface area (TPSA) is 22.1 Å². The van der Waals surface area contributed by atoms with Gasteiger partial charge in [0, 0.05) is 18.4 Å². The van der Waals surface area contributed by atoms with Crippen molar-refractivity contribution in [3.63, 3.8) is 0 Å². The lowest BCUT2D eigenvalue weighted by Crippen LogP contribution is -2.25. The van der Waals surface area contributed by atoms with Crippen LogP contribution in [0.3, 0.4) is 0 Å². The second-order valence-electron chi connectivity index (χ2n) is 6.52. The number of rotatable bonds is 3. The van der Waals surface area contributed by atoms with Crippen LogP contribution in [-0.2, 0) is 11.3 Å². The zero-order valence-corrected chi connectivity index (χ0v) is 12.8. The molecule has 0 radical (unpaired) electrons. The van der Waals surface area contributed by atoms with E-state index in [0.717, 1.165) is 11.6 Å². The molecule has 0 amide bonds. The van der Waals surface area contributed by atoms with Crippen molar-refractivity contribution in [1.29, 1.82) is 0 Å². The highest BCUT2D eigenvalue weighted by atomic mass is 32.1. The van der Waals surface area contributed by atoms with Gasteiger partial charge in [0.2, 0.25) is 0 Å². The minimum absolute atomic E-state index is 0.467. The number of ether oxygens (including phenoxy) is 1. The molecule has 0 spiro atoms. The lowest BCUT2D eigenvalue weighted by molar-refractivity contribution is 0.168. The van der Waals surface area contributed by atoms with Crippen LogP contribution in [0, 0.1) is 11.3 Å². The molecule has 2 nitrogen and oxygen atoms in total. The average Bonchev–Trinajstić information content (AvgIpc) is 2.77. The Labute approximate surface area is 115 Å². The SMILES string of the molecule is COCc1csc(C2CCC(C(C)(C)C)CC2)n1. The van der Waals surface area contributed by atoms with E-state index >= 15 is 0 Å². The van der Waals surface area contributed by atoms with Gasteiger partial charge in [-0.2, -0.15) is 0 Å². The third-order valence-electron chi connectivity index (χ3n) is 4.16. The molecule has 0 unspecified atom stereocenters. The zero-order chi connectivity index (χ0) is 13.2. The largest absolute Gasteiger partial charge is 0.378 e. The summed E-state index contributed by atoms with van der Waals surface area (Å²) in [6.07, 6.45) is 5.32. The Morgan fingerprint density at radius 1 is 1.28 bits per heavy atom. The van der Waals surface area contributed by atoms with Crippen LogP contribution in [0.2, 0.25) is 0 Å². The van der Waals surface area contributed by atoms with Crippen LogP contribution in [0.25, 0.3) is 0 Å². The van der Waals surface area contributed by atoms with Crippen molar-refractivity contribution in [2.45, 2.75) is 59.0 Å². The Bertz CT molecular complexity index is 372. The molecule has 1 aromatic heterocycles. The van der Waals surface area contributed by atoms with E-state index in [0.29, 0.717) is 17.9 Å². The van der Waals surface area contributed by atoms with Gasteiger partial charge in [-0.05, 0) is 37.0 Å². The van der Waals surface area contributed by atoms with Gasteiger partial charge in [0.15, 0.2) is 0 Å². The van der Waals surface area contributed by atoms with E-state index in [1.54, 1.807) is 7.11 Å². The van der Waals surface area contributed by atoms with Crippen molar-refractivity contribution < 1.29 is 4.74 Å². The third-order valence-corrected chi connectivity index (χ3v) is 5.22. The lowest BCUT2D eigenvalue weighted by atomic mass is 9.70. The first-order chi connectivity index (χ1) is 8.50. The molecule has 1 saturated carbocycles. The summed E-state index contributed by atoms with van der Waals surface area (Å²) in [6, 6.07) is 0. The summed E-state index contributed by atoms with van der Waals surface area (Å²) in [4.78, 5) is 4.70.